The van der Waals surface area contributed by atoms with E-state index in [0.717, 1.165) is 11.1 Å². The quantitative estimate of drug-likeness (QED) is 0.517. The Balaban J connectivity index is 2.02. The minimum Gasteiger partial charge on any atom is -0.421 e. The van der Waals surface area contributed by atoms with Crippen molar-refractivity contribution < 1.29 is 9.53 Å². The zero-order valence-electron chi connectivity index (χ0n) is 14.6. The van der Waals surface area contributed by atoms with Crippen molar-refractivity contribution in [3.05, 3.63) is 86.3 Å². The standard InChI is InChI=1S/C20H17ClN2O3/c1-12-5-4-6-13(2)19(12)26-20(25)18-17(24)11-14(3)23(22-18)16-9-7-15(21)8-10-16/h4-11H,1-3H3. The SMILES string of the molecule is Cc1cccc(C)c1OC(=O)c1nn(-c2ccc(Cl)cc2)c(C)cc1=O. The van der Waals surface area contributed by atoms with E-state index in [1.54, 1.807) is 31.2 Å². The highest BCUT2D eigenvalue weighted by Crippen LogP contribution is 2.23. The molecular weight excluding hydrogens is 352 g/mol. The Morgan fingerprint density at radius 2 is 1.65 bits per heavy atom. The van der Waals surface area contributed by atoms with Gasteiger partial charge >= 0.3 is 5.97 Å². The summed E-state index contributed by atoms with van der Waals surface area (Å²) >= 11 is 5.91. The summed E-state index contributed by atoms with van der Waals surface area (Å²) in [4.78, 5) is 24.9. The van der Waals surface area contributed by atoms with Gasteiger partial charge in [0.15, 0.2) is 0 Å². The monoisotopic (exact) mass is 368 g/mol. The molecule has 0 N–H and O–H groups in total. The van der Waals surface area contributed by atoms with Crippen molar-refractivity contribution in [2.45, 2.75) is 20.8 Å². The number of halogens is 1. The molecule has 1 aromatic heterocycles. The average Bonchev–Trinajstić information content (AvgIpc) is 2.59. The minimum absolute atomic E-state index is 0.270. The number of rotatable bonds is 3. The summed E-state index contributed by atoms with van der Waals surface area (Å²) in [5.41, 5.74) is 2.15. The topological polar surface area (TPSA) is 61.2 Å². The molecule has 1 heterocycles. The number of aryl methyl sites for hydroxylation is 3. The van der Waals surface area contributed by atoms with Gasteiger partial charge < -0.3 is 4.74 Å². The van der Waals surface area contributed by atoms with Gasteiger partial charge in [0.05, 0.1) is 5.69 Å². The van der Waals surface area contributed by atoms with E-state index in [4.69, 9.17) is 16.3 Å². The van der Waals surface area contributed by atoms with Crippen molar-refractivity contribution in [2.75, 3.05) is 0 Å². The van der Waals surface area contributed by atoms with E-state index in [0.29, 0.717) is 22.2 Å². The van der Waals surface area contributed by atoms with Crippen LogP contribution >= 0.6 is 11.6 Å². The lowest BCUT2D eigenvalue weighted by Gasteiger charge is -2.12. The fraction of sp³-hybridized carbons (Fsp3) is 0.150. The first kappa shape index (κ1) is 17.9. The summed E-state index contributed by atoms with van der Waals surface area (Å²) in [5, 5.41) is 4.80. The number of aromatic nitrogens is 2. The maximum Gasteiger partial charge on any atom is 0.368 e. The number of carbonyl (C=O) groups is 1. The lowest BCUT2D eigenvalue weighted by Crippen LogP contribution is -2.26. The van der Waals surface area contributed by atoms with Crippen LogP contribution in [0.4, 0.5) is 0 Å². The molecule has 0 aliphatic rings. The van der Waals surface area contributed by atoms with Crippen molar-refractivity contribution in [3.8, 4) is 11.4 Å². The fourth-order valence-electron chi connectivity index (χ4n) is 2.63. The molecule has 0 saturated heterocycles. The van der Waals surface area contributed by atoms with Crippen molar-refractivity contribution in [1.29, 1.82) is 0 Å². The van der Waals surface area contributed by atoms with E-state index >= 15 is 0 Å². The zero-order valence-corrected chi connectivity index (χ0v) is 15.4. The van der Waals surface area contributed by atoms with Crippen LogP contribution in [0, 0.1) is 20.8 Å². The number of esters is 1. The molecular formula is C20H17ClN2O3. The highest BCUT2D eigenvalue weighted by atomic mass is 35.5. The molecule has 3 aromatic rings. The number of hydrogen-bond acceptors (Lipinski definition) is 4. The molecule has 0 bridgehead atoms. The van der Waals surface area contributed by atoms with E-state index in [9.17, 15) is 9.59 Å². The normalized spacial score (nSPS) is 10.6. The van der Waals surface area contributed by atoms with Crippen molar-refractivity contribution in [2.24, 2.45) is 0 Å². The molecule has 0 amide bonds. The largest absolute Gasteiger partial charge is 0.421 e. The molecule has 0 aliphatic heterocycles. The molecule has 3 rings (SSSR count). The molecule has 0 unspecified atom stereocenters. The van der Waals surface area contributed by atoms with Crippen LogP contribution in [0.1, 0.15) is 27.3 Å². The Kier molecular flexibility index (Phi) is 4.91. The van der Waals surface area contributed by atoms with Crippen LogP contribution in [0.15, 0.2) is 53.3 Å². The summed E-state index contributed by atoms with van der Waals surface area (Å²) in [6.07, 6.45) is 0. The third-order valence-electron chi connectivity index (χ3n) is 3.98. The second kappa shape index (κ2) is 7.14. The first-order valence-electron chi connectivity index (χ1n) is 8.02. The van der Waals surface area contributed by atoms with Gasteiger partial charge in [-0.3, -0.25) is 4.79 Å². The van der Waals surface area contributed by atoms with Crippen molar-refractivity contribution in [1.82, 2.24) is 9.78 Å². The van der Waals surface area contributed by atoms with Gasteiger partial charge in [-0.05, 0) is 56.2 Å². The van der Waals surface area contributed by atoms with Crippen LogP contribution in [0.2, 0.25) is 5.02 Å². The third kappa shape index (κ3) is 3.53. The smallest absolute Gasteiger partial charge is 0.368 e. The van der Waals surface area contributed by atoms with Crippen LogP contribution < -0.4 is 10.2 Å². The van der Waals surface area contributed by atoms with Gasteiger partial charge in [-0.15, -0.1) is 0 Å². The lowest BCUT2D eigenvalue weighted by molar-refractivity contribution is 0.0722. The maximum atomic E-state index is 12.6. The number of nitrogens with zero attached hydrogens (tertiary/aromatic N) is 2. The summed E-state index contributed by atoms with van der Waals surface area (Å²) in [6.45, 7) is 5.41. The van der Waals surface area contributed by atoms with E-state index in [-0.39, 0.29) is 5.69 Å². The van der Waals surface area contributed by atoms with Crippen LogP contribution in [0.3, 0.4) is 0 Å². The number of para-hydroxylation sites is 1. The Bertz CT molecular complexity index is 1020. The van der Waals surface area contributed by atoms with Gasteiger partial charge in [0.1, 0.15) is 5.75 Å². The number of carbonyl (C=O) groups excluding carboxylic acids is 1. The Morgan fingerprint density at radius 3 is 2.27 bits per heavy atom. The molecule has 0 saturated carbocycles. The van der Waals surface area contributed by atoms with Crippen LogP contribution in [0.5, 0.6) is 5.75 Å². The summed E-state index contributed by atoms with van der Waals surface area (Å²) < 4.78 is 6.97. The number of hydrogen-bond donors (Lipinski definition) is 0. The fourth-order valence-corrected chi connectivity index (χ4v) is 2.76. The van der Waals surface area contributed by atoms with Crippen LogP contribution in [0.25, 0.3) is 5.69 Å². The molecule has 5 nitrogen and oxygen atoms in total. The maximum absolute atomic E-state index is 12.6. The minimum atomic E-state index is -0.782. The van der Waals surface area contributed by atoms with Gasteiger partial charge in [0, 0.05) is 16.8 Å². The molecule has 0 atom stereocenters. The van der Waals surface area contributed by atoms with Gasteiger partial charge in [0.25, 0.3) is 0 Å². The third-order valence-corrected chi connectivity index (χ3v) is 4.23. The Morgan fingerprint density at radius 1 is 1.04 bits per heavy atom. The number of ether oxygens (including phenoxy) is 1. The molecule has 0 fully saturated rings. The first-order valence-corrected chi connectivity index (χ1v) is 8.40. The van der Waals surface area contributed by atoms with E-state index in [1.807, 2.05) is 32.0 Å². The van der Waals surface area contributed by atoms with Crippen LogP contribution in [-0.2, 0) is 0 Å². The summed E-state index contributed by atoms with van der Waals surface area (Å²) in [6, 6.07) is 13.9. The van der Waals surface area contributed by atoms with Crippen molar-refractivity contribution in [3.63, 3.8) is 0 Å². The predicted octanol–water partition coefficient (Wildman–Crippen LogP) is 4.03. The molecule has 132 valence electrons. The van der Waals surface area contributed by atoms with Gasteiger partial charge in [-0.25, -0.2) is 9.48 Å². The second-order valence-electron chi connectivity index (χ2n) is 6.00. The average molecular weight is 369 g/mol. The van der Waals surface area contributed by atoms with Gasteiger partial charge in [0.2, 0.25) is 11.1 Å². The van der Waals surface area contributed by atoms with E-state index < -0.39 is 11.4 Å². The summed E-state index contributed by atoms with van der Waals surface area (Å²) in [5.74, 6) is -0.340. The highest BCUT2D eigenvalue weighted by Gasteiger charge is 2.19. The predicted molar refractivity (Wildman–Crippen MR) is 100 cm³/mol. The van der Waals surface area contributed by atoms with Gasteiger partial charge in [-0.1, -0.05) is 29.8 Å². The first-order chi connectivity index (χ1) is 12.4. The summed E-state index contributed by atoms with van der Waals surface area (Å²) in [7, 11) is 0. The van der Waals surface area contributed by atoms with Crippen molar-refractivity contribution >= 4 is 17.6 Å². The Labute approximate surface area is 155 Å². The number of benzene rings is 2. The lowest BCUT2D eigenvalue weighted by atomic mass is 10.1. The molecule has 0 radical (unpaired) electrons. The molecule has 6 heteroatoms. The molecule has 0 spiro atoms. The molecule has 0 aliphatic carbocycles. The van der Waals surface area contributed by atoms with E-state index in [2.05, 4.69) is 5.10 Å². The Hall–Kier alpha value is -2.92. The highest BCUT2D eigenvalue weighted by molar-refractivity contribution is 6.30. The van der Waals surface area contributed by atoms with Crippen LogP contribution in [-0.4, -0.2) is 15.7 Å². The van der Waals surface area contributed by atoms with E-state index in [1.165, 1.54) is 10.7 Å². The molecule has 2 aromatic carbocycles. The second-order valence-corrected chi connectivity index (χ2v) is 6.43. The van der Waals surface area contributed by atoms with Gasteiger partial charge in [-0.2, -0.15) is 5.10 Å². The zero-order chi connectivity index (χ0) is 18.8. The molecule has 26 heavy (non-hydrogen) atoms.